The molecule has 0 saturated carbocycles. The molecule has 1 aromatic heterocycles. The highest BCUT2D eigenvalue weighted by Gasteiger charge is 2.13. The molecule has 1 atom stereocenters. The van der Waals surface area contributed by atoms with Crippen LogP contribution in [0, 0.1) is 0 Å². The van der Waals surface area contributed by atoms with Crippen molar-refractivity contribution in [3.8, 4) is 0 Å². The quantitative estimate of drug-likeness (QED) is 0.887. The second-order valence-corrected chi connectivity index (χ2v) is 5.24. The van der Waals surface area contributed by atoms with Gasteiger partial charge in [-0.2, -0.15) is 0 Å². The lowest BCUT2D eigenvalue weighted by Gasteiger charge is -2.27. The Morgan fingerprint density at radius 1 is 1.44 bits per heavy atom. The summed E-state index contributed by atoms with van der Waals surface area (Å²) in [5.74, 6) is 0. The summed E-state index contributed by atoms with van der Waals surface area (Å²) in [5, 5.41) is 3.55. The van der Waals surface area contributed by atoms with Gasteiger partial charge in [0.2, 0.25) is 0 Å². The van der Waals surface area contributed by atoms with E-state index >= 15 is 0 Å². The van der Waals surface area contributed by atoms with Gasteiger partial charge in [-0.3, -0.25) is 9.88 Å². The van der Waals surface area contributed by atoms with Gasteiger partial charge in [-0.25, -0.2) is 0 Å². The largest absolute Gasteiger partial charge is 0.314 e. The number of aromatic nitrogens is 1. The fourth-order valence-corrected chi connectivity index (χ4v) is 2.55. The van der Waals surface area contributed by atoms with Gasteiger partial charge in [-0.15, -0.1) is 0 Å². The van der Waals surface area contributed by atoms with E-state index in [-0.39, 0.29) is 0 Å². The fourth-order valence-electron chi connectivity index (χ4n) is 2.55. The summed E-state index contributed by atoms with van der Waals surface area (Å²) < 4.78 is 0. The molecule has 18 heavy (non-hydrogen) atoms. The van der Waals surface area contributed by atoms with E-state index in [1.165, 1.54) is 37.2 Å². The van der Waals surface area contributed by atoms with Gasteiger partial charge in [-0.1, -0.05) is 13.0 Å². The number of nitrogens with zero attached hydrogens (tertiary/aromatic N) is 2. The summed E-state index contributed by atoms with van der Waals surface area (Å²) in [4.78, 5) is 7.11. The maximum absolute atomic E-state index is 4.56. The van der Waals surface area contributed by atoms with Crippen LogP contribution in [0.25, 0.3) is 0 Å². The number of aryl methyl sites for hydroxylation is 1. The summed E-state index contributed by atoms with van der Waals surface area (Å²) in [6.07, 6.45) is 5.46. The van der Waals surface area contributed by atoms with Gasteiger partial charge in [0.25, 0.3) is 0 Å². The molecular weight excluding hydrogens is 222 g/mol. The molecule has 1 fully saturated rings. The van der Waals surface area contributed by atoms with Crippen molar-refractivity contribution in [1.82, 2.24) is 15.2 Å². The number of pyridine rings is 1. The summed E-state index contributed by atoms with van der Waals surface area (Å²) in [6, 6.07) is 4.89. The maximum atomic E-state index is 4.56. The summed E-state index contributed by atoms with van der Waals surface area (Å²) >= 11 is 0. The standard InChI is InChI=1S/C15H25N3/c1-3-14-6-4-8-17-15(14)12-18-10-5-9-16-13(2)7-11-18/h4,6,8,13,16H,3,5,7,9-12H2,1-2H3. The number of hydrogen-bond donors (Lipinski definition) is 1. The normalized spacial score (nSPS) is 22.4. The molecule has 0 aromatic carbocycles. The molecule has 3 nitrogen and oxygen atoms in total. The van der Waals surface area contributed by atoms with Crippen LogP contribution < -0.4 is 5.32 Å². The highest BCUT2D eigenvalue weighted by molar-refractivity contribution is 5.19. The molecule has 100 valence electrons. The van der Waals surface area contributed by atoms with Crippen LogP contribution in [0.2, 0.25) is 0 Å². The summed E-state index contributed by atoms with van der Waals surface area (Å²) in [6.45, 7) is 8.99. The van der Waals surface area contributed by atoms with Crippen LogP contribution in [-0.4, -0.2) is 35.6 Å². The lowest BCUT2D eigenvalue weighted by Crippen LogP contribution is -2.38. The highest BCUT2D eigenvalue weighted by atomic mass is 15.1. The Morgan fingerprint density at radius 2 is 2.33 bits per heavy atom. The molecule has 0 radical (unpaired) electrons. The SMILES string of the molecule is CCc1cccnc1CN1CCCNC(C)CC1. The smallest absolute Gasteiger partial charge is 0.0575 e. The second kappa shape index (κ2) is 6.86. The van der Waals surface area contributed by atoms with E-state index in [1.807, 2.05) is 12.3 Å². The van der Waals surface area contributed by atoms with Gasteiger partial charge in [0.1, 0.15) is 0 Å². The van der Waals surface area contributed by atoms with Crippen molar-refractivity contribution in [2.24, 2.45) is 0 Å². The zero-order valence-corrected chi connectivity index (χ0v) is 11.7. The molecular formula is C15H25N3. The van der Waals surface area contributed by atoms with E-state index in [9.17, 15) is 0 Å². The van der Waals surface area contributed by atoms with Crippen LogP contribution in [0.3, 0.4) is 0 Å². The molecule has 1 N–H and O–H groups in total. The van der Waals surface area contributed by atoms with Gasteiger partial charge in [0, 0.05) is 25.3 Å². The lowest BCUT2D eigenvalue weighted by atomic mass is 10.1. The Bertz CT molecular complexity index is 365. The fraction of sp³-hybridized carbons (Fsp3) is 0.667. The molecule has 1 aliphatic rings. The van der Waals surface area contributed by atoms with Crippen molar-refractivity contribution in [1.29, 1.82) is 0 Å². The molecule has 3 heteroatoms. The van der Waals surface area contributed by atoms with Crippen molar-refractivity contribution in [2.75, 3.05) is 19.6 Å². The molecule has 0 spiro atoms. The number of nitrogens with one attached hydrogen (secondary N) is 1. The third-order valence-electron chi connectivity index (χ3n) is 3.76. The minimum absolute atomic E-state index is 0.641. The first-order chi connectivity index (χ1) is 8.79. The van der Waals surface area contributed by atoms with E-state index in [4.69, 9.17) is 0 Å². The van der Waals surface area contributed by atoms with E-state index in [0.29, 0.717) is 6.04 Å². The van der Waals surface area contributed by atoms with Crippen molar-refractivity contribution in [3.63, 3.8) is 0 Å². The molecule has 0 amide bonds. The monoisotopic (exact) mass is 247 g/mol. The van der Waals surface area contributed by atoms with Gasteiger partial charge >= 0.3 is 0 Å². The summed E-state index contributed by atoms with van der Waals surface area (Å²) in [7, 11) is 0. The molecule has 1 saturated heterocycles. The van der Waals surface area contributed by atoms with Gasteiger partial charge in [0.05, 0.1) is 5.69 Å². The van der Waals surface area contributed by atoms with Crippen LogP contribution >= 0.6 is 0 Å². The van der Waals surface area contributed by atoms with Crippen LogP contribution in [0.15, 0.2) is 18.3 Å². The highest BCUT2D eigenvalue weighted by Crippen LogP contribution is 2.11. The number of rotatable bonds is 3. The molecule has 0 bridgehead atoms. The van der Waals surface area contributed by atoms with Crippen LogP contribution in [0.4, 0.5) is 0 Å². The third-order valence-corrected chi connectivity index (χ3v) is 3.76. The number of hydrogen-bond acceptors (Lipinski definition) is 3. The second-order valence-electron chi connectivity index (χ2n) is 5.24. The zero-order valence-electron chi connectivity index (χ0n) is 11.7. The van der Waals surface area contributed by atoms with E-state index in [2.05, 4.69) is 35.1 Å². The Labute approximate surface area is 111 Å². The van der Waals surface area contributed by atoms with Crippen LogP contribution in [0.1, 0.15) is 37.9 Å². The topological polar surface area (TPSA) is 28.2 Å². The molecule has 1 aromatic rings. The Hall–Kier alpha value is -0.930. The van der Waals surface area contributed by atoms with Gasteiger partial charge in [0.15, 0.2) is 0 Å². The van der Waals surface area contributed by atoms with Gasteiger partial charge in [-0.05, 0) is 50.9 Å². The molecule has 0 aliphatic carbocycles. The predicted octanol–water partition coefficient (Wildman–Crippen LogP) is 2.22. The first-order valence-corrected chi connectivity index (χ1v) is 7.18. The summed E-state index contributed by atoms with van der Waals surface area (Å²) in [5.41, 5.74) is 2.66. The molecule has 1 aliphatic heterocycles. The Morgan fingerprint density at radius 3 is 3.17 bits per heavy atom. The molecule has 1 unspecified atom stereocenters. The molecule has 2 rings (SSSR count). The van der Waals surface area contributed by atoms with E-state index in [1.54, 1.807) is 0 Å². The Balaban J connectivity index is 1.98. The average molecular weight is 247 g/mol. The van der Waals surface area contributed by atoms with E-state index < -0.39 is 0 Å². The minimum Gasteiger partial charge on any atom is -0.314 e. The predicted molar refractivity (Wildman–Crippen MR) is 75.6 cm³/mol. The van der Waals surface area contributed by atoms with Crippen LogP contribution in [0.5, 0.6) is 0 Å². The van der Waals surface area contributed by atoms with Crippen LogP contribution in [-0.2, 0) is 13.0 Å². The first kappa shape index (κ1) is 13.5. The third kappa shape index (κ3) is 3.79. The maximum Gasteiger partial charge on any atom is 0.0575 e. The lowest BCUT2D eigenvalue weighted by molar-refractivity contribution is 0.227. The molecule has 2 heterocycles. The zero-order chi connectivity index (χ0) is 12.8. The first-order valence-electron chi connectivity index (χ1n) is 7.18. The van der Waals surface area contributed by atoms with Crippen molar-refractivity contribution < 1.29 is 0 Å². The average Bonchev–Trinajstić information content (AvgIpc) is 2.38. The van der Waals surface area contributed by atoms with Crippen molar-refractivity contribution in [3.05, 3.63) is 29.6 Å². The van der Waals surface area contributed by atoms with Crippen molar-refractivity contribution >= 4 is 0 Å². The van der Waals surface area contributed by atoms with E-state index in [0.717, 1.165) is 19.5 Å². The Kier molecular flexibility index (Phi) is 5.14. The minimum atomic E-state index is 0.641. The van der Waals surface area contributed by atoms with Gasteiger partial charge < -0.3 is 5.32 Å². The van der Waals surface area contributed by atoms with Crippen molar-refractivity contribution in [2.45, 2.75) is 45.7 Å².